The van der Waals surface area contributed by atoms with Crippen LogP contribution in [-0.4, -0.2) is 18.0 Å². The molecule has 0 spiro atoms. The standard InChI is InChI=1S/C21H14Cl2N2O3/c1-27-14-8-5-12(6-9-14)21-25-17-11-13(7-10-18(17)28-21)24-20(26)15-3-2-4-16(22)19(15)23/h2-11H,1H3,(H,24,26). The minimum atomic E-state index is -0.356. The molecule has 4 rings (SSSR count). The zero-order chi connectivity index (χ0) is 19.7. The van der Waals surface area contributed by atoms with Gasteiger partial charge < -0.3 is 14.5 Å². The van der Waals surface area contributed by atoms with Crippen LogP contribution in [0.1, 0.15) is 10.4 Å². The van der Waals surface area contributed by atoms with E-state index in [-0.39, 0.29) is 10.9 Å². The van der Waals surface area contributed by atoms with Crippen LogP contribution in [0.2, 0.25) is 10.0 Å². The predicted molar refractivity (Wildman–Crippen MR) is 110 cm³/mol. The molecule has 1 aromatic heterocycles. The van der Waals surface area contributed by atoms with Gasteiger partial charge in [-0.05, 0) is 54.6 Å². The average Bonchev–Trinajstić information content (AvgIpc) is 3.13. The van der Waals surface area contributed by atoms with Crippen molar-refractivity contribution in [1.29, 1.82) is 0 Å². The van der Waals surface area contributed by atoms with Gasteiger partial charge in [0.2, 0.25) is 5.89 Å². The SMILES string of the molecule is COc1ccc(-c2nc3cc(NC(=O)c4cccc(Cl)c4Cl)ccc3o2)cc1. The van der Waals surface area contributed by atoms with Crippen LogP contribution in [0.4, 0.5) is 5.69 Å². The summed E-state index contributed by atoms with van der Waals surface area (Å²) in [5.41, 5.74) is 2.94. The van der Waals surface area contributed by atoms with Crippen molar-refractivity contribution >= 4 is 45.9 Å². The van der Waals surface area contributed by atoms with E-state index < -0.39 is 0 Å². The van der Waals surface area contributed by atoms with Gasteiger partial charge in [0.25, 0.3) is 5.91 Å². The molecule has 0 saturated heterocycles. The topological polar surface area (TPSA) is 64.4 Å². The molecule has 0 fully saturated rings. The molecule has 1 amide bonds. The van der Waals surface area contributed by atoms with Crippen LogP contribution in [0.3, 0.4) is 0 Å². The summed E-state index contributed by atoms with van der Waals surface area (Å²) in [7, 11) is 1.61. The zero-order valence-electron chi connectivity index (χ0n) is 14.7. The molecule has 4 aromatic rings. The van der Waals surface area contributed by atoms with Crippen LogP contribution in [0.5, 0.6) is 5.75 Å². The molecule has 5 nitrogen and oxygen atoms in total. The maximum Gasteiger partial charge on any atom is 0.257 e. The summed E-state index contributed by atoms with van der Waals surface area (Å²) in [6.45, 7) is 0. The number of oxazole rings is 1. The number of hydrogen-bond acceptors (Lipinski definition) is 4. The highest BCUT2D eigenvalue weighted by atomic mass is 35.5. The lowest BCUT2D eigenvalue weighted by molar-refractivity contribution is 0.102. The van der Waals surface area contributed by atoms with E-state index in [1.54, 1.807) is 43.5 Å². The number of amides is 1. The number of methoxy groups -OCH3 is 1. The third kappa shape index (κ3) is 3.54. The molecule has 0 bridgehead atoms. The van der Waals surface area contributed by atoms with Gasteiger partial charge >= 0.3 is 0 Å². The Labute approximate surface area is 170 Å². The minimum absolute atomic E-state index is 0.214. The Bertz CT molecular complexity index is 1170. The third-order valence-electron chi connectivity index (χ3n) is 4.18. The summed E-state index contributed by atoms with van der Waals surface area (Å²) >= 11 is 12.1. The molecule has 1 N–H and O–H groups in total. The Kier molecular flexibility index (Phi) is 4.94. The number of nitrogens with zero attached hydrogens (tertiary/aromatic N) is 1. The number of hydrogen-bond donors (Lipinski definition) is 1. The number of fused-ring (bicyclic) bond motifs is 1. The van der Waals surface area contributed by atoms with E-state index in [0.717, 1.165) is 11.3 Å². The van der Waals surface area contributed by atoms with Gasteiger partial charge in [-0.25, -0.2) is 4.98 Å². The van der Waals surface area contributed by atoms with Gasteiger partial charge in [0.05, 0.1) is 22.7 Å². The van der Waals surface area contributed by atoms with Crippen molar-refractivity contribution in [3.8, 4) is 17.2 Å². The van der Waals surface area contributed by atoms with E-state index in [9.17, 15) is 4.79 Å². The summed E-state index contributed by atoms with van der Waals surface area (Å²) in [5, 5.41) is 3.34. The highest BCUT2D eigenvalue weighted by molar-refractivity contribution is 6.44. The maximum atomic E-state index is 12.5. The fourth-order valence-corrected chi connectivity index (χ4v) is 3.13. The van der Waals surface area contributed by atoms with Gasteiger partial charge in [0, 0.05) is 11.3 Å². The lowest BCUT2D eigenvalue weighted by atomic mass is 10.2. The molecule has 0 unspecified atom stereocenters. The highest BCUT2D eigenvalue weighted by Gasteiger charge is 2.14. The van der Waals surface area contributed by atoms with Crippen molar-refractivity contribution in [3.05, 3.63) is 76.3 Å². The number of carbonyl (C=O) groups is 1. The summed E-state index contributed by atoms with van der Waals surface area (Å²) in [5.74, 6) is 0.884. The molecule has 3 aromatic carbocycles. The number of anilines is 1. The Morgan fingerprint density at radius 1 is 1.07 bits per heavy atom. The number of rotatable bonds is 4. The van der Waals surface area contributed by atoms with Crippen LogP contribution in [-0.2, 0) is 0 Å². The first-order valence-electron chi connectivity index (χ1n) is 8.35. The number of nitrogens with one attached hydrogen (secondary N) is 1. The van der Waals surface area contributed by atoms with E-state index in [0.29, 0.717) is 33.3 Å². The smallest absolute Gasteiger partial charge is 0.257 e. The lowest BCUT2D eigenvalue weighted by Crippen LogP contribution is -2.12. The van der Waals surface area contributed by atoms with Crippen LogP contribution < -0.4 is 10.1 Å². The first kappa shape index (κ1) is 18.3. The molecule has 0 saturated carbocycles. The van der Waals surface area contributed by atoms with Gasteiger partial charge in [-0.1, -0.05) is 29.3 Å². The average molecular weight is 413 g/mol. The molecule has 0 atom stereocenters. The predicted octanol–water partition coefficient (Wildman–Crippen LogP) is 6.06. The van der Waals surface area contributed by atoms with Gasteiger partial charge in [-0.3, -0.25) is 4.79 Å². The van der Waals surface area contributed by atoms with Gasteiger partial charge in [-0.2, -0.15) is 0 Å². The van der Waals surface area contributed by atoms with Crippen molar-refractivity contribution in [1.82, 2.24) is 4.98 Å². The summed E-state index contributed by atoms with van der Waals surface area (Å²) in [6.07, 6.45) is 0. The van der Waals surface area contributed by atoms with Crippen molar-refractivity contribution in [2.24, 2.45) is 0 Å². The molecule has 7 heteroatoms. The second kappa shape index (κ2) is 7.54. The Balaban J connectivity index is 1.61. The largest absolute Gasteiger partial charge is 0.497 e. The van der Waals surface area contributed by atoms with Crippen molar-refractivity contribution in [2.45, 2.75) is 0 Å². The van der Waals surface area contributed by atoms with Crippen molar-refractivity contribution < 1.29 is 13.9 Å². The van der Waals surface area contributed by atoms with E-state index >= 15 is 0 Å². The van der Waals surface area contributed by atoms with Crippen molar-refractivity contribution in [3.63, 3.8) is 0 Å². The quantitative estimate of drug-likeness (QED) is 0.442. The number of carbonyl (C=O) groups excluding carboxylic acids is 1. The summed E-state index contributed by atoms with van der Waals surface area (Å²) in [6, 6.07) is 17.6. The Hall–Kier alpha value is -3.02. The van der Waals surface area contributed by atoms with Gasteiger partial charge in [0.1, 0.15) is 11.3 Å². The van der Waals surface area contributed by atoms with Crippen molar-refractivity contribution in [2.75, 3.05) is 12.4 Å². The molecular formula is C21H14Cl2N2O3. The molecule has 0 aliphatic carbocycles. The van der Waals surface area contributed by atoms with E-state index in [1.807, 2.05) is 24.3 Å². The number of ether oxygens (including phenoxy) is 1. The number of benzene rings is 3. The molecule has 28 heavy (non-hydrogen) atoms. The first-order chi connectivity index (χ1) is 13.5. The van der Waals surface area contributed by atoms with Gasteiger partial charge in [0.15, 0.2) is 5.58 Å². The second-order valence-corrected chi connectivity index (χ2v) is 6.77. The molecule has 0 aliphatic rings. The zero-order valence-corrected chi connectivity index (χ0v) is 16.2. The van der Waals surface area contributed by atoms with E-state index in [2.05, 4.69) is 10.3 Å². The van der Waals surface area contributed by atoms with Crippen LogP contribution in [0.15, 0.2) is 65.1 Å². The number of halogens is 2. The first-order valence-corrected chi connectivity index (χ1v) is 9.11. The van der Waals surface area contributed by atoms with E-state index in [4.69, 9.17) is 32.4 Å². The van der Waals surface area contributed by atoms with Crippen LogP contribution in [0.25, 0.3) is 22.6 Å². The molecular weight excluding hydrogens is 399 g/mol. The second-order valence-electron chi connectivity index (χ2n) is 5.99. The van der Waals surface area contributed by atoms with Crippen LogP contribution >= 0.6 is 23.2 Å². The molecule has 140 valence electrons. The highest BCUT2D eigenvalue weighted by Crippen LogP contribution is 2.29. The Morgan fingerprint density at radius 3 is 2.61 bits per heavy atom. The minimum Gasteiger partial charge on any atom is -0.497 e. The fraction of sp³-hybridized carbons (Fsp3) is 0.0476. The Morgan fingerprint density at radius 2 is 1.86 bits per heavy atom. The fourth-order valence-electron chi connectivity index (χ4n) is 2.74. The molecule has 0 radical (unpaired) electrons. The summed E-state index contributed by atoms with van der Waals surface area (Å²) in [4.78, 5) is 17.0. The maximum absolute atomic E-state index is 12.5. The normalized spacial score (nSPS) is 10.8. The summed E-state index contributed by atoms with van der Waals surface area (Å²) < 4.78 is 11.0. The van der Waals surface area contributed by atoms with Gasteiger partial charge in [-0.15, -0.1) is 0 Å². The van der Waals surface area contributed by atoms with E-state index in [1.165, 1.54) is 0 Å². The molecule has 0 aliphatic heterocycles. The number of aromatic nitrogens is 1. The molecule has 1 heterocycles. The van der Waals surface area contributed by atoms with Crippen LogP contribution in [0, 0.1) is 0 Å². The monoisotopic (exact) mass is 412 g/mol. The lowest BCUT2D eigenvalue weighted by Gasteiger charge is -2.07. The third-order valence-corrected chi connectivity index (χ3v) is 5.00.